The van der Waals surface area contributed by atoms with Gasteiger partial charge in [-0.3, -0.25) is 0 Å². The van der Waals surface area contributed by atoms with Gasteiger partial charge in [0.25, 0.3) is 0 Å². The van der Waals surface area contributed by atoms with Crippen LogP contribution in [0.3, 0.4) is 0 Å². The van der Waals surface area contributed by atoms with E-state index >= 15 is 0 Å². The molecule has 0 bridgehead atoms. The Balaban J connectivity index is 2.43. The first-order valence-electron chi connectivity index (χ1n) is 5.34. The predicted octanol–water partition coefficient (Wildman–Crippen LogP) is 1.56. The van der Waals surface area contributed by atoms with E-state index in [-0.39, 0.29) is 12.5 Å². The van der Waals surface area contributed by atoms with Crippen molar-refractivity contribution in [3.63, 3.8) is 0 Å². The molecule has 1 aromatic rings. The topological polar surface area (TPSA) is 47.9 Å². The van der Waals surface area contributed by atoms with Crippen LogP contribution >= 0.6 is 0 Å². The second-order valence-electron chi connectivity index (χ2n) is 3.82. The first-order valence-corrected chi connectivity index (χ1v) is 5.34. The van der Waals surface area contributed by atoms with E-state index in [2.05, 4.69) is 0 Å². The first kappa shape index (κ1) is 11.1. The van der Waals surface area contributed by atoms with E-state index in [0.29, 0.717) is 19.0 Å². The predicted molar refractivity (Wildman–Crippen MR) is 59.5 cm³/mol. The number of hydrogen-bond acceptors (Lipinski definition) is 4. The van der Waals surface area contributed by atoms with Crippen LogP contribution in [0.5, 0.6) is 17.2 Å². The molecule has 2 rings (SSSR count). The van der Waals surface area contributed by atoms with Gasteiger partial charge in [0, 0.05) is 24.2 Å². The van der Waals surface area contributed by atoms with Crippen molar-refractivity contribution in [2.75, 3.05) is 26.9 Å². The van der Waals surface area contributed by atoms with Crippen LogP contribution in [0.4, 0.5) is 0 Å². The third kappa shape index (κ3) is 1.93. The zero-order valence-corrected chi connectivity index (χ0v) is 9.53. The highest BCUT2D eigenvalue weighted by Crippen LogP contribution is 2.39. The van der Waals surface area contributed by atoms with Crippen molar-refractivity contribution < 1.29 is 19.3 Å². The lowest BCUT2D eigenvalue weighted by molar-refractivity contribution is 0.170. The highest BCUT2D eigenvalue weighted by atomic mass is 16.6. The largest absolute Gasteiger partial charge is 0.496 e. The summed E-state index contributed by atoms with van der Waals surface area (Å²) in [5.41, 5.74) is 0.939. The summed E-state index contributed by atoms with van der Waals surface area (Å²) in [4.78, 5) is 0. The molecule has 16 heavy (non-hydrogen) atoms. The average molecular weight is 224 g/mol. The molecule has 1 heterocycles. The lowest BCUT2D eigenvalue weighted by atomic mass is 10.00. The van der Waals surface area contributed by atoms with Gasteiger partial charge in [-0.2, -0.15) is 0 Å². The summed E-state index contributed by atoms with van der Waals surface area (Å²) in [5, 5.41) is 9.18. The van der Waals surface area contributed by atoms with Gasteiger partial charge in [-0.15, -0.1) is 0 Å². The van der Waals surface area contributed by atoms with Gasteiger partial charge >= 0.3 is 0 Å². The second kappa shape index (κ2) is 4.61. The van der Waals surface area contributed by atoms with Crippen LogP contribution < -0.4 is 14.2 Å². The van der Waals surface area contributed by atoms with Crippen LogP contribution in [0, 0.1) is 0 Å². The van der Waals surface area contributed by atoms with Crippen molar-refractivity contribution in [1.29, 1.82) is 0 Å². The Labute approximate surface area is 94.8 Å². The zero-order valence-electron chi connectivity index (χ0n) is 9.53. The van der Waals surface area contributed by atoms with Gasteiger partial charge in [-0.25, -0.2) is 0 Å². The Morgan fingerprint density at radius 2 is 1.94 bits per heavy atom. The van der Waals surface area contributed by atoms with E-state index in [4.69, 9.17) is 14.2 Å². The van der Waals surface area contributed by atoms with Gasteiger partial charge in [-0.1, -0.05) is 6.92 Å². The third-order valence-electron chi connectivity index (χ3n) is 2.70. The standard InChI is InChI=1S/C12H16O4/c1-8(7-13)9-5-11-12(6-10(9)14-2)16-4-3-15-11/h5-6,8,13H,3-4,7H2,1-2H3. The summed E-state index contributed by atoms with van der Waals surface area (Å²) in [7, 11) is 1.61. The number of ether oxygens (including phenoxy) is 3. The molecule has 0 saturated heterocycles. The maximum atomic E-state index is 9.18. The van der Waals surface area contributed by atoms with Gasteiger partial charge in [0.05, 0.1) is 7.11 Å². The Morgan fingerprint density at radius 3 is 2.50 bits per heavy atom. The number of hydrogen-bond donors (Lipinski definition) is 1. The molecular weight excluding hydrogens is 208 g/mol. The Kier molecular flexibility index (Phi) is 3.19. The Bertz CT molecular complexity index is 376. The summed E-state index contributed by atoms with van der Waals surface area (Å²) in [5.74, 6) is 2.18. The molecule has 0 aromatic heterocycles. The van der Waals surface area contributed by atoms with Gasteiger partial charge in [0.1, 0.15) is 19.0 Å². The molecule has 1 aliphatic rings. The molecule has 1 aliphatic heterocycles. The van der Waals surface area contributed by atoms with Crippen LogP contribution in [0.1, 0.15) is 18.4 Å². The maximum absolute atomic E-state index is 9.18. The molecular formula is C12H16O4. The van der Waals surface area contributed by atoms with Gasteiger partial charge in [0.2, 0.25) is 0 Å². The van der Waals surface area contributed by atoms with Crippen LogP contribution in [0.2, 0.25) is 0 Å². The fraction of sp³-hybridized carbons (Fsp3) is 0.500. The first-order chi connectivity index (χ1) is 7.76. The molecule has 88 valence electrons. The lowest BCUT2D eigenvalue weighted by Crippen LogP contribution is -2.16. The summed E-state index contributed by atoms with van der Waals surface area (Å²) >= 11 is 0. The molecule has 1 N–H and O–H groups in total. The van der Waals surface area contributed by atoms with Crippen molar-refractivity contribution in [2.24, 2.45) is 0 Å². The fourth-order valence-corrected chi connectivity index (χ4v) is 1.75. The quantitative estimate of drug-likeness (QED) is 0.846. The molecule has 4 heteroatoms. The minimum absolute atomic E-state index is 0.0192. The number of rotatable bonds is 3. The van der Waals surface area contributed by atoms with Gasteiger partial charge < -0.3 is 19.3 Å². The number of aliphatic hydroxyl groups excluding tert-OH is 1. The molecule has 0 radical (unpaired) electrons. The number of methoxy groups -OCH3 is 1. The molecule has 0 aliphatic carbocycles. The molecule has 4 nitrogen and oxygen atoms in total. The van der Waals surface area contributed by atoms with Crippen LogP contribution in [0.25, 0.3) is 0 Å². The molecule has 0 saturated carbocycles. The van der Waals surface area contributed by atoms with Crippen LogP contribution in [0.15, 0.2) is 12.1 Å². The van der Waals surface area contributed by atoms with Crippen LogP contribution in [-0.2, 0) is 0 Å². The normalized spacial score (nSPS) is 15.7. The van der Waals surface area contributed by atoms with Gasteiger partial charge in [-0.05, 0) is 6.07 Å². The summed E-state index contributed by atoms with van der Waals surface area (Å²) in [6, 6.07) is 3.70. The summed E-state index contributed by atoms with van der Waals surface area (Å²) in [6.45, 7) is 3.14. The number of benzene rings is 1. The third-order valence-corrected chi connectivity index (χ3v) is 2.70. The highest BCUT2D eigenvalue weighted by molar-refractivity contribution is 5.52. The summed E-state index contributed by atoms with van der Waals surface area (Å²) < 4.78 is 16.3. The number of aliphatic hydroxyl groups is 1. The van der Waals surface area contributed by atoms with Crippen LogP contribution in [-0.4, -0.2) is 32.0 Å². The minimum atomic E-state index is 0.0192. The molecule has 1 unspecified atom stereocenters. The van der Waals surface area contributed by atoms with E-state index in [0.717, 1.165) is 17.1 Å². The monoisotopic (exact) mass is 224 g/mol. The Hall–Kier alpha value is -1.42. The SMILES string of the molecule is COc1cc2c(cc1C(C)CO)OCCO2. The van der Waals surface area contributed by atoms with Crippen molar-refractivity contribution in [2.45, 2.75) is 12.8 Å². The highest BCUT2D eigenvalue weighted by Gasteiger charge is 2.19. The fourth-order valence-electron chi connectivity index (χ4n) is 1.75. The molecule has 0 fully saturated rings. The van der Waals surface area contributed by atoms with E-state index in [1.165, 1.54) is 0 Å². The van der Waals surface area contributed by atoms with Crippen molar-refractivity contribution >= 4 is 0 Å². The van der Waals surface area contributed by atoms with E-state index in [1.54, 1.807) is 7.11 Å². The van der Waals surface area contributed by atoms with E-state index in [1.807, 2.05) is 19.1 Å². The minimum Gasteiger partial charge on any atom is -0.496 e. The summed E-state index contributed by atoms with van der Waals surface area (Å²) in [6.07, 6.45) is 0. The average Bonchev–Trinajstić information content (AvgIpc) is 2.36. The maximum Gasteiger partial charge on any atom is 0.165 e. The molecule has 1 aromatic carbocycles. The zero-order chi connectivity index (χ0) is 11.5. The smallest absolute Gasteiger partial charge is 0.165 e. The van der Waals surface area contributed by atoms with E-state index in [9.17, 15) is 5.11 Å². The Morgan fingerprint density at radius 1 is 1.31 bits per heavy atom. The van der Waals surface area contributed by atoms with Crippen molar-refractivity contribution in [3.8, 4) is 17.2 Å². The van der Waals surface area contributed by atoms with Crippen molar-refractivity contribution in [1.82, 2.24) is 0 Å². The lowest BCUT2D eigenvalue weighted by Gasteiger charge is -2.22. The van der Waals surface area contributed by atoms with Crippen molar-refractivity contribution in [3.05, 3.63) is 17.7 Å². The van der Waals surface area contributed by atoms with E-state index < -0.39 is 0 Å². The number of fused-ring (bicyclic) bond motifs is 1. The molecule has 0 amide bonds. The second-order valence-corrected chi connectivity index (χ2v) is 3.82. The molecule has 1 atom stereocenters. The van der Waals surface area contributed by atoms with Gasteiger partial charge in [0.15, 0.2) is 11.5 Å². The molecule has 0 spiro atoms.